The van der Waals surface area contributed by atoms with Crippen LogP contribution in [0.1, 0.15) is 200 Å². The van der Waals surface area contributed by atoms with Crippen LogP contribution in [0.5, 0.6) is 0 Å². The third-order valence-electron chi connectivity index (χ3n) is 11.4. The number of hydrogen-bond acceptors (Lipinski definition) is 11. The van der Waals surface area contributed by atoms with E-state index in [2.05, 4.69) is 31.3 Å². The zero-order valence-corrected chi connectivity index (χ0v) is 37.1. The maximum absolute atomic E-state index is 13.0. The number of carbonyl (C=O) groups excluding carboxylic acids is 1. The van der Waals surface area contributed by atoms with Crippen LogP contribution in [-0.2, 0) is 18.4 Å². The molecule has 58 heavy (non-hydrogen) atoms. The molecular weight excluding hydrogens is 765 g/mol. The molecule has 0 aliphatic heterocycles. The van der Waals surface area contributed by atoms with E-state index in [9.17, 15) is 50.0 Å². The molecule has 13 nitrogen and oxygen atoms in total. The first-order valence-corrected chi connectivity index (χ1v) is 24.7. The van der Waals surface area contributed by atoms with Crippen LogP contribution in [0.2, 0.25) is 0 Å². The van der Waals surface area contributed by atoms with Gasteiger partial charge in [0.2, 0.25) is 5.91 Å². The predicted octanol–water partition coefficient (Wildman–Crippen LogP) is 7.42. The average Bonchev–Trinajstić information content (AvgIpc) is 3.19. The number of amides is 1. The van der Waals surface area contributed by atoms with Crippen molar-refractivity contribution < 1.29 is 59.0 Å². The molecule has 8 unspecified atom stereocenters. The molecule has 1 amide bonds. The second-order valence-corrected chi connectivity index (χ2v) is 18.2. The van der Waals surface area contributed by atoms with Gasteiger partial charge in [-0.25, -0.2) is 4.57 Å². The Morgan fingerprint density at radius 3 is 1.41 bits per heavy atom. The van der Waals surface area contributed by atoms with Gasteiger partial charge in [-0.05, 0) is 38.5 Å². The van der Waals surface area contributed by atoms with E-state index in [1.165, 1.54) is 89.9 Å². The minimum Gasteiger partial charge on any atom is -0.393 e. The molecule has 1 rings (SSSR count). The van der Waals surface area contributed by atoms with Gasteiger partial charge in [-0.3, -0.25) is 13.8 Å². The highest BCUT2D eigenvalue weighted by atomic mass is 31.2. The van der Waals surface area contributed by atoms with Crippen molar-refractivity contribution in [2.45, 2.75) is 255 Å². The molecule has 1 aliphatic carbocycles. The fourth-order valence-corrected chi connectivity index (χ4v) is 8.50. The lowest BCUT2D eigenvalue weighted by molar-refractivity contribution is -0.220. The van der Waals surface area contributed by atoms with E-state index in [1.807, 2.05) is 0 Å². The smallest absolute Gasteiger partial charge is 0.393 e. The van der Waals surface area contributed by atoms with Crippen LogP contribution in [0.25, 0.3) is 0 Å². The highest BCUT2D eigenvalue weighted by Crippen LogP contribution is 2.47. The van der Waals surface area contributed by atoms with E-state index in [1.54, 1.807) is 0 Å². The topological polar surface area (TPSA) is 226 Å². The number of aliphatic hydroxyl groups excluding tert-OH is 7. The number of allylic oxidation sites excluding steroid dienone is 2. The number of phosphoric acid groups is 1. The van der Waals surface area contributed by atoms with Crippen molar-refractivity contribution in [2.75, 3.05) is 6.61 Å². The minimum atomic E-state index is -5.11. The second kappa shape index (κ2) is 34.6. The predicted molar refractivity (Wildman–Crippen MR) is 229 cm³/mol. The largest absolute Gasteiger partial charge is 0.472 e. The summed E-state index contributed by atoms with van der Waals surface area (Å²) < 4.78 is 22.9. The normalized spacial score (nSPS) is 23.8. The van der Waals surface area contributed by atoms with Crippen molar-refractivity contribution in [3.63, 3.8) is 0 Å². The molecule has 0 bridgehead atoms. The van der Waals surface area contributed by atoms with Gasteiger partial charge in [0.15, 0.2) is 0 Å². The van der Waals surface area contributed by atoms with Crippen LogP contribution in [-0.4, -0.2) is 108 Å². The van der Waals surface area contributed by atoms with Gasteiger partial charge < -0.3 is 46.0 Å². The highest BCUT2D eigenvalue weighted by Gasteiger charge is 2.51. The Kier molecular flexibility index (Phi) is 32.9. The first-order valence-electron chi connectivity index (χ1n) is 23.2. The quantitative estimate of drug-likeness (QED) is 0.0168. The summed E-state index contributed by atoms with van der Waals surface area (Å²) in [7, 11) is -5.11. The molecule has 0 radical (unpaired) electrons. The first kappa shape index (κ1) is 55.1. The standard InChI is InChI=1S/C44H86NO12P/c1-3-5-7-9-11-13-15-16-17-18-19-20-21-22-23-25-27-29-31-35(46)33-38(48)45-36(37(47)32-30-28-26-24-14-12-10-8-6-4-2)34-56-58(54,55)57-44-42(52)40(50)39(49)41(51)43(44)53/h19-20,35-37,39-44,46-47,49-53H,3-18,21-34H2,1-2H3,(H,45,48)(H,54,55)/b20-19-. The van der Waals surface area contributed by atoms with Crippen LogP contribution in [0.3, 0.4) is 0 Å². The summed E-state index contributed by atoms with van der Waals surface area (Å²) in [5.41, 5.74) is 0. The first-order chi connectivity index (χ1) is 27.8. The molecule has 0 aromatic rings. The van der Waals surface area contributed by atoms with E-state index in [-0.39, 0.29) is 12.8 Å². The van der Waals surface area contributed by atoms with Crippen molar-refractivity contribution in [1.29, 1.82) is 0 Å². The number of nitrogens with one attached hydrogen (secondary N) is 1. The molecule has 0 spiro atoms. The van der Waals surface area contributed by atoms with E-state index in [0.29, 0.717) is 12.8 Å². The molecule has 344 valence electrons. The molecule has 1 fully saturated rings. The fourth-order valence-electron chi connectivity index (χ4n) is 7.53. The number of rotatable bonds is 38. The lowest BCUT2D eigenvalue weighted by atomic mass is 9.85. The Morgan fingerprint density at radius 2 is 0.966 bits per heavy atom. The maximum atomic E-state index is 13.0. The van der Waals surface area contributed by atoms with E-state index >= 15 is 0 Å². The molecule has 1 saturated carbocycles. The van der Waals surface area contributed by atoms with Crippen LogP contribution in [0.4, 0.5) is 0 Å². The van der Waals surface area contributed by atoms with Gasteiger partial charge in [-0.1, -0.05) is 167 Å². The summed E-state index contributed by atoms with van der Waals surface area (Å²) >= 11 is 0. The summed E-state index contributed by atoms with van der Waals surface area (Å²) in [6.07, 6.45) is 21.3. The number of hydrogen-bond donors (Lipinski definition) is 9. The zero-order chi connectivity index (χ0) is 43.0. The second-order valence-electron chi connectivity index (χ2n) is 16.8. The van der Waals surface area contributed by atoms with Crippen LogP contribution in [0, 0.1) is 0 Å². The molecule has 0 saturated heterocycles. The van der Waals surface area contributed by atoms with Gasteiger partial charge in [-0.2, -0.15) is 0 Å². The van der Waals surface area contributed by atoms with Gasteiger partial charge >= 0.3 is 7.82 Å². The third-order valence-corrected chi connectivity index (χ3v) is 12.4. The molecule has 0 aromatic carbocycles. The lowest BCUT2D eigenvalue weighted by Crippen LogP contribution is -2.64. The van der Waals surface area contributed by atoms with Gasteiger partial charge in [0, 0.05) is 0 Å². The minimum absolute atomic E-state index is 0.225. The van der Waals surface area contributed by atoms with Gasteiger partial charge in [0.05, 0.1) is 31.3 Å². The molecule has 9 N–H and O–H groups in total. The number of aliphatic hydroxyl groups is 7. The molecule has 14 heteroatoms. The zero-order valence-electron chi connectivity index (χ0n) is 36.2. The Hall–Kier alpha value is -0.960. The molecule has 8 atom stereocenters. The third kappa shape index (κ3) is 26.4. The Morgan fingerprint density at radius 1 is 0.586 bits per heavy atom. The lowest BCUT2D eigenvalue weighted by Gasteiger charge is -2.41. The summed E-state index contributed by atoms with van der Waals surface area (Å²) in [6, 6.07) is -1.15. The number of carbonyl (C=O) groups is 1. The Bertz CT molecular complexity index is 1050. The van der Waals surface area contributed by atoms with Gasteiger partial charge in [-0.15, -0.1) is 0 Å². The summed E-state index contributed by atoms with van der Waals surface area (Å²) in [4.78, 5) is 23.4. The number of unbranched alkanes of at least 4 members (excludes halogenated alkanes) is 23. The van der Waals surface area contributed by atoms with Crippen molar-refractivity contribution in [3.05, 3.63) is 12.2 Å². The van der Waals surface area contributed by atoms with E-state index in [4.69, 9.17) is 9.05 Å². The summed E-state index contributed by atoms with van der Waals surface area (Å²) in [6.45, 7) is 3.76. The SMILES string of the molecule is CCCCCCCCCCC/C=C\CCCCCCCC(O)CC(=O)NC(COP(=O)(O)OC1C(O)C(O)C(O)C(O)C1O)C(O)CCCCCCCCCCCC. The molecule has 0 heterocycles. The Labute approximate surface area is 351 Å². The van der Waals surface area contributed by atoms with Crippen LogP contribution in [0.15, 0.2) is 12.2 Å². The molecule has 1 aliphatic rings. The monoisotopic (exact) mass is 852 g/mol. The summed E-state index contributed by atoms with van der Waals surface area (Å²) in [5, 5.41) is 74.5. The van der Waals surface area contributed by atoms with Crippen molar-refractivity contribution >= 4 is 13.7 Å². The van der Waals surface area contributed by atoms with Crippen LogP contribution >= 0.6 is 7.82 Å². The summed E-state index contributed by atoms with van der Waals surface area (Å²) in [5.74, 6) is -0.565. The van der Waals surface area contributed by atoms with Crippen molar-refractivity contribution in [2.24, 2.45) is 0 Å². The van der Waals surface area contributed by atoms with Crippen molar-refractivity contribution in [3.8, 4) is 0 Å². The fraction of sp³-hybridized carbons (Fsp3) is 0.932. The average molecular weight is 852 g/mol. The van der Waals surface area contributed by atoms with Gasteiger partial charge in [0.1, 0.15) is 36.6 Å². The van der Waals surface area contributed by atoms with Gasteiger partial charge in [0.25, 0.3) is 0 Å². The maximum Gasteiger partial charge on any atom is 0.472 e. The number of phosphoric ester groups is 1. The van der Waals surface area contributed by atoms with Crippen LogP contribution < -0.4 is 5.32 Å². The highest BCUT2D eigenvalue weighted by molar-refractivity contribution is 7.47. The molecule has 0 aromatic heterocycles. The van der Waals surface area contributed by atoms with Crippen molar-refractivity contribution in [1.82, 2.24) is 5.32 Å². The van der Waals surface area contributed by atoms with E-state index < -0.39 is 75.2 Å². The molecular formula is C44H86NO12P. The van der Waals surface area contributed by atoms with E-state index in [0.717, 1.165) is 70.6 Å². The Balaban J connectivity index is 2.47.